The third kappa shape index (κ3) is 8.45. The lowest BCUT2D eigenvalue weighted by Crippen LogP contribution is -2.39. The van der Waals surface area contributed by atoms with Gasteiger partial charge in [0.25, 0.3) is 0 Å². The first-order chi connectivity index (χ1) is 13.1. The van der Waals surface area contributed by atoms with Gasteiger partial charge in [-0.3, -0.25) is 4.99 Å². The number of aliphatic imine (C=N–C) groups is 1. The number of nitrogens with one attached hydrogen (secondary N) is 2. The molecule has 0 aliphatic carbocycles. The maximum Gasteiger partial charge on any atom is 0.190 e. The fourth-order valence-electron chi connectivity index (χ4n) is 2.79. The minimum atomic E-state index is 0. The Kier molecular flexibility index (Phi) is 12.3. The monoisotopic (exact) mass is 516 g/mol. The van der Waals surface area contributed by atoms with E-state index >= 15 is 0 Å². The fraction of sp³-hybridized carbons (Fsp3) is 0.524. The van der Waals surface area contributed by atoms with E-state index in [1.54, 1.807) is 18.4 Å². The molecule has 2 rings (SSSR count). The highest BCUT2D eigenvalue weighted by molar-refractivity contribution is 14.0. The number of aromatic nitrogens is 1. The van der Waals surface area contributed by atoms with E-state index in [2.05, 4.69) is 53.5 Å². The lowest BCUT2D eigenvalue weighted by molar-refractivity contribution is 0.0646. The number of hydrogen-bond acceptors (Lipinski definition) is 4. The topological polar surface area (TPSA) is 58.5 Å². The van der Waals surface area contributed by atoms with Crippen LogP contribution >= 0.6 is 35.3 Å². The third-order valence-electron chi connectivity index (χ3n) is 4.38. The lowest BCUT2D eigenvalue weighted by atomic mass is 10.1. The summed E-state index contributed by atoms with van der Waals surface area (Å²) >= 11 is 1.80. The van der Waals surface area contributed by atoms with Crippen LogP contribution in [0.4, 0.5) is 0 Å². The molecule has 0 amide bonds. The molecular formula is C21H33IN4OS. The van der Waals surface area contributed by atoms with Crippen molar-refractivity contribution in [1.82, 2.24) is 15.6 Å². The molecule has 0 spiro atoms. The number of hydrogen-bond donors (Lipinski definition) is 2. The molecule has 156 valence electrons. The quantitative estimate of drug-likeness (QED) is 0.211. The Morgan fingerprint density at radius 1 is 1.21 bits per heavy atom. The molecule has 0 bridgehead atoms. The highest BCUT2D eigenvalue weighted by atomic mass is 127. The van der Waals surface area contributed by atoms with Gasteiger partial charge in [-0.15, -0.1) is 35.3 Å². The molecule has 0 radical (unpaired) electrons. The molecule has 0 aliphatic heterocycles. The minimum Gasteiger partial charge on any atom is -0.374 e. The average molecular weight is 516 g/mol. The van der Waals surface area contributed by atoms with Gasteiger partial charge in [0.05, 0.1) is 16.8 Å². The predicted octanol–water partition coefficient (Wildman–Crippen LogP) is 4.51. The summed E-state index contributed by atoms with van der Waals surface area (Å²) in [5.74, 6) is 0.829. The molecule has 0 aliphatic rings. The van der Waals surface area contributed by atoms with Crippen LogP contribution in [0.5, 0.6) is 0 Å². The molecule has 2 N–H and O–H groups in total. The number of aryl methyl sites for hydroxylation is 2. The Morgan fingerprint density at radius 2 is 1.93 bits per heavy atom. The van der Waals surface area contributed by atoms with E-state index in [0.717, 1.165) is 44.9 Å². The van der Waals surface area contributed by atoms with Crippen molar-refractivity contribution in [3.63, 3.8) is 0 Å². The molecule has 0 saturated carbocycles. The molecule has 1 unspecified atom stereocenters. The summed E-state index contributed by atoms with van der Waals surface area (Å²) in [4.78, 5) is 10.3. The number of thiazole rings is 1. The Labute approximate surface area is 190 Å². The first-order valence-corrected chi connectivity index (χ1v) is 10.5. The van der Waals surface area contributed by atoms with Gasteiger partial charge >= 0.3 is 0 Å². The number of rotatable bonds is 10. The zero-order chi connectivity index (χ0) is 19.5. The van der Waals surface area contributed by atoms with E-state index in [0.29, 0.717) is 0 Å². The van der Waals surface area contributed by atoms with Gasteiger partial charge in [0.2, 0.25) is 0 Å². The van der Waals surface area contributed by atoms with Gasteiger partial charge < -0.3 is 15.4 Å². The molecule has 1 aromatic heterocycles. The summed E-state index contributed by atoms with van der Waals surface area (Å²) in [7, 11) is 1.80. The second kappa shape index (κ2) is 13.9. The third-order valence-corrected chi connectivity index (χ3v) is 5.45. The number of benzene rings is 1. The Bertz CT molecular complexity index is 706. The molecule has 0 saturated heterocycles. The normalized spacial score (nSPS) is 12.4. The van der Waals surface area contributed by atoms with Crippen molar-refractivity contribution < 1.29 is 4.74 Å². The summed E-state index contributed by atoms with van der Waals surface area (Å²) in [5, 5.41) is 7.88. The van der Waals surface area contributed by atoms with Crippen molar-refractivity contribution >= 4 is 41.3 Å². The van der Waals surface area contributed by atoms with Crippen molar-refractivity contribution in [1.29, 1.82) is 0 Å². The number of guanidine groups is 1. The molecule has 1 heterocycles. The first-order valence-electron chi connectivity index (χ1n) is 9.70. The minimum absolute atomic E-state index is 0. The summed E-state index contributed by atoms with van der Waals surface area (Å²) in [6, 6.07) is 10.3. The van der Waals surface area contributed by atoms with Crippen molar-refractivity contribution in [2.24, 2.45) is 4.99 Å². The SMILES string of the molecule is CCc1nc(CCNC(=NC)NCCCOC(C)c2ccccc2)sc1C.I. The van der Waals surface area contributed by atoms with Gasteiger partial charge in [0, 0.05) is 38.0 Å². The number of nitrogens with zero attached hydrogens (tertiary/aromatic N) is 2. The average Bonchev–Trinajstić information content (AvgIpc) is 3.06. The highest BCUT2D eigenvalue weighted by Gasteiger charge is 2.07. The van der Waals surface area contributed by atoms with Crippen LogP contribution in [-0.4, -0.2) is 37.7 Å². The van der Waals surface area contributed by atoms with Crippen LogP contribution in [0.2, 0.25) is 0 Å². The molecule has 28 heavy (non-hydrogen) atoms. The van der Waals surface area contributed by atoms with Crippen LogP contribution in [0.15, 0.2) is 35.3 Å². The summed E-state index contributed by atoms with van der Waals surface area (Å²) in [6.07, 6.45) is 2.98. The van der Waals surface area contributed by atoms with Gasteiger partial charge in [-0.25, -0.2) is 4.98 Å². The highest BCUT2D eigenvalue weighted by Crippen LogP contribution is 2.18. The van der Waals surface area contributed by atoms with E-state index in [-0.39, 0.29) is 30.1 Å². The second-order valence-electron chi connectivity index (χ2n) is 6.42. The molecule has 0 fully saturated rings. The van der Waals surface area contributed by atoms with Crippen molar-refractivity contribution in [3.05, 3.63) is 51.5 Å². The van der Waals surface area contributed by atoms with E-state index < -0.39 is 0 Å². The molecular weight excluding hydrogens is 483 g/mol. The first kappa shape index (κ1) is 24.8. The molecule has 2 aromatic rings. The van der Waals surface area contributed by atoms with Crippen LogP contribution in [-0.2, 0) is 17.6 Å². The molecule has 1 atom stereocenters. The van der Waals surface area contributed by atoms with E-state index in [1.807, 2.05) is 18.2 Å². The van der Waals surface area contributed by atoms with Crippen molar-refractivity contribution in [2.45, 2.75) is 46.1 Å². The second-order valence-corrected chi connectivity index (χ2v) is 7.70. The van der Waals surface area contributed by atoms with Crippen LogP contribution in [0.1, 0.15) is 47.5 Å². The van der Waals surface area contributed by atoms with Crippen molar-refractivity contribution in [3.8, 4) is 0 Å². The van der Waals surface area contributed by atoms with Crippen LogP contribution in [0, 0.1) is 6.92 Å². The Balaban J connectivity index is 0.00000392. The Hall–Kier alpha value is -1.19. The number of halogens is 1. The van der Waals surface area contributed by atoms with Crippen LogP contribution < -0.4 is 10.6 Å². The summed E-state index contributed by atoms with van der Waals surface area (Å²) < 4.78 is 5.90. The van der Waals surface area contributed by atoms with Gasteiger partial charge in [-0.05, 0) is 32.3 Å². The zero-order valence-corrected chi connectivity index (χ0v) is 20.5. The van der Waals surface area contributed by atoms with Crippen molar-refractivity contribution in [2.75, 3.05) is 26.7 Å². The molecule has 1 aromatic carbocycles. The molecule has 5 nitrogen and oxygen atoms in total. The maximum absolute atomic E-state index is 5.90. The van der Waals surface area contributed by atoms with E-state index in [1.165, 1.54) is 21.1 Å². The smallest absolute Gasteiger partial charge is 0.190 e. The van der Waals surface area contributed by atoms with Gasteiger partial charge in [0.15, 0.2) is 5.96 Å². The van der Waals surface area contributed by atoms with Gasteiger partial charge in [-0.2, -0.15) is 0 Å². The predicted molar refractivity (Wildman–Crippen MR) is 130 cm³/mol. The van der Waals surface area contributed by atoms with Gasteiger partial charge in [-0.1, -0.05) is 37.3 Å². The molecule has 7 heteroatoms. The zero-order valence-electron chi connectivity index (χ0n) is 17.3. The van der Waals surface area contributed by atoms with Gasteiger partial charge in [0.1, 0.15) is 0 Å². The van der Waals surface area contributed by atoms with E-state index in [9.17, 15) is 0 Å². The standard InChI is InChI=1S/C21H32N4OS.HI/c1-5-19-17(3)27-20(25-19)12-14-24-21(22-4)23-13-9-15-26-16(2)18-10-7-6-8-11-18;/h6-8,10-11,16H,5,9,12-15H2,1-4H3,(H2,22,23,24);1H. The lowest BCUT2D eigenvalue weighted by Gasteiger charge is -2.14. The Morgan fingerprint density at radius 3 is 2.57 bits per heavy atom. The summed E-state index contributed by atoms with van der Waals surface area (Å²) in [5.41, 5.74) is 2.44. The number of ether oxygens (including phenoxy) is 1. The van der Waals surface area contributed by atoms with Crippen LogP contribution in [0.25, 0.3) is 0 Å². The van der Waals surface area contributed by atoms with E-state index in [4.69, 9.17) is 4.74 Å². The fourth-order valence-corrected chi connectivity index (χ4v) is 3.81. The van der Waals surface area contributed by atoms with Crippen LogP contribution in [0.3, 0.4) is 0 Å². The maximum atomic E-state index is 5.90. The largest absolute Gasteiger partial charge is 0.374 e. The summed E-state index contributed by atoms with van der Waals surface area (Å²) in [6.45, 7) is 8.77.